The van der Waals surface area contributed by atoms with Crippen LogP contribution in [0.4, 0.5) is 0 Å². The molecule has 0 saturated carbocycles. The summed E-state index contributed by atoms with van der Waals surface area (Å²) >= 11 is 0. The zero-order valence-corrected chi connectivity index (χ0v) is 9.93. The Bertz CT molecular complexity index is 491. The molecular weight excluding hydrogens is 240 g/mol. The predicted octanol–water partition coefficient (Wildman–Crippen LogP) is 1.81. The maximum atomic E-state index is 11.1. The maximum absolute atomic E-state index is 11.1. The van der Waals surface area contributed by atoms with Gasteiger partial charge < -0.3 is 9.84 Å². The Labute approximate surface area is 103 Å². The highest BCUT2D eigenvalue weighted by Gasteiger charge is 2.13. The van der Waals surface area contributed by atoms with E-state index >= 15 is 0 Å². The molecule has 0 aliphatic rings. The number of carbonyl (C=O) groups excluding carboxylic acids is 1. The highest BCUT2D eigenvalue weighted by Crippen LogP contribution is 2.28. The lowest BCUT2D eigenvalue weighted by atomic mass is 10.2. The third-order valence-electron chi connectivity index (χ3n) is 1.97. The average Bonchev–Trinajstić information content (AvgIpc) is 2.35. The molecule has 0 fully saturated rings. The van der Waals surface area contributed by atoms with Crippen molar-refractivity contribution < 1.29 is 29.2 Å². The highest BCUT2D eigenvalue weighted by atomic mass is 17.2. The van der Waals surface area contributed by atoms with E-state index in [9.17, 15) is 9.59 Å². The van der Waals surface area contributed by atoms with Crippen molar-refractivity contribution in [3.63, 3.8) is 0 Å². The summed E-state index contributed by atoms with van der Waals surface area (Å²) in [4.78, 5) is 31.1. The van der Waals surface area contributed by atoms with Crippen LogP contribution in [-0.2, 0) is 9.68 Å². The number of methoxy groups -OCH3 is 1. The Hall–Kier alpha value is -2.50. The molecule has 0 aliphatic carbocycles. The van der Waals surface area contributed by atoms with Gasteiger partial charge in [-0.15, -0.1) is 0 Å². The molecule has 6 nitrogen and oxygen atoms in total. The Morgan fingerprint density at radius 2 is 1.94 bits per heavy atom. The summed E-state index contributed by atoms with van der Waals surface area (Å²) in [5.74, 6) is -1.58. The van der Waals surface area contributed by atoms with Crippen LogP contribution >= 0.6 is 0 Å². The molecule has 0 aliphatic heterocycles. The van der Waals surface area contributed by atoms with Crippen molar-refractivity contribution in [3.05, 3.63) is 35.9 Å². The molecule has 18 heavy (non-hydrogen) atoms. The number of benzene rings is 1. The minimum atomic E-state index is -1.10. The van der Waals surface area contributed by atoms with E-state index in [1.54, 1.807) is 0 Å². The monoisotopic (exact) mass is 252 g/mol. The van der Waals surface area contributed by atoms with Crippen LogP contribution in [0.2, 0.25) is 0 Å². The molecule has 0 aromatic heterocycles. The van der Waals surface area contributed by atoms with E-state index in [-0.39, 0.29) is 22.6 Å². The SMILES string of the molecule is C=C(C)C(=O)OOc1ccc(C(=O)O)cc1OC. The van der Waals surface area contributed by atoms with Crippen LogP contribution in [0.3, 0.4) is 0 Å². The maximum Gasteiger partial charge on any atom is 0.381 e. The van der Waals surface area contributed by atoms with Gasteiger partial charge in [0, 0.05) is 5.57 Å². The van der Waals surface area contributed by atoms with Gasteiger partial charge in [-0.3, -0.25) is 4.89 Å². The first-order chi connectivity index (χ1) is 8.45. The van der Waals surface area contributed by atoms with Crippen LogP contribution in [0.5, 0.6) is 11.5 Å². The number of hydrogen-bond acceptors (Lipinski definition) is 5. The number of carboxylic acids is 1. The zero-order chi connectivity index (χ0) is 13.7. The van der Waals surface area contributed by atoms with Gasteiger partial charge in [-0.05, 0) is 25.1 Å². The van der Waals surface area contributed by atoms with Gasteiger partial charge in [0.1, 0.15) is 0 Å². The van der Waals surface area contributed by atoms with Gasteiger partial charge >= 0.3 is 11.9 Å². The number of carbonyl (C=O) groups is 2. The fourth-order valence-electron chi connectivity index (χ4n) is 1.02. The molecule has 0 bridgehead atoms. The summed E-state index contributed by atoms with van der Waals surface area (Å²) < 4.78 is 4.93. The van der Waals surface area contributed by atoms with E-state index in [0.717, 1.165) is 0 Å². The molecular formula is C12H12O6. The first kappa shape index (κ1) is 13.6. The van der Waals surface area contributed by atoms with Crippen molar-refractivity contribution in [3.8, 4) is 11.5 Å². The van der Waals surface area contributed by atoms with Crippen LogP contribution in [0.1, 0.15) is 17.3 Å². The fourth-order valence-corrected chi connectivity index (χ4v) is 1.02. The zero-order valence-electron chi connectivity index (χ0n) is 9.93. The first-order valence-corrected chi connectivity index (χ1v) is 4.91. The molecule has 6 heteroatoms. The molecule has 1 rings (SSSR count). The molecule has 0 saturated heterocycles. The van der Waals surface area contributed by atoms with Crippen LogP contribution in [-0.4, -0.2) is 24.2 Å². The summed E-state index contributed by atoms with van der Waals surface area (Å²) in [5, 5.41) is 8.79. The molecule has 0 heterocycles. The predicted molar refractivity (Wildman–Crippen MR) is 61.5 cm³/mol. The lowest BCUT2D eigenvalue weighted by Crippen LogP contribution is -2.09. The van der Waals surface area contributed by atoms with Gasteiger partial charge in [0.05, 0.1) is 12.7 Å². The second kappa shape index (κ2) is 5.72. The van der Waals surface area contributed by atoms with Crippen molar-refractivity contribution in [2.24, 2.45) is 0 Å². The number of aromatic carboxylic acids is 1. The Morgan fingerprint density at radius 1 is 1.28 bits per heavy atom. The molecule has 1 N–H and O–H groups in total. The highest BCUT2D eigenvalue weighted by molar-refractivity contribution is 5.88. The van der Waals surface area contributed by atoms with Crippen LogP contribution in [0.25, 0.3) is 0 Å². The molecule has 1 aromatic rings. The number of hydrogen-bond donors (Lipinski definition) is 1. The largest absolute Gasteiger partial charge is 0.493 e. The van der Waals surface area contributed by atoms with E-state index in [1.807, 2.05) is 0 Å². The Morgan fingerprint density at radius 3 is 2.44 bits per heavy atom. The second-order valence-corrected chi connectivity index (χ2v) is 3.41. The molecule has 0 unspecified atom stereocenters. The van der Waals surface area contributed by atoms with Crippen molar-refractivity contribution in [2.45, 2.75) is 6.92 Å². The van der Waals surface area contributed by atoms with Gasteiger partial charge in [-0.25, -0.2) is 14.5 Å². The van der Waals surface area contributed by atoms with Crippen molar-refractivity contribution >= 4 is 11.9 Å². The number of ether oxygens (including phenoxy) is 1. The Kier molecular flexibility index (Phi) is 4.31. The molecule has 1 aromatic carbocycles. The number of rotatable bonds is 5. The first-order valence-electron chi connectivity index (χ1n) is 4.91. The van der Waals surface area contributed by atoms with E-state index in [1.165, 1.54) is 32.2 Å². The minimum absolute atomic E-state index is 0.0328. The molecule has 0 amide bonds. The van der Waals surface area contributed by atoms with Crippen molar-refractivity contribution in [1.29, 1.82) is 0 Å². The third-order valence-corrected chi connectivity index (χ3v) is 1.97. The quantitative estimate of drug-likeness (QED) is 0.489. The van der Waals surface area contributed by atoms with E-state index in [4.69, 9.17) is 14.7 Å². The average molecular weight is 252 g/mol. The van der Waals surface area contributed by atoms with Crippen LogP contribution in [0, 0.1) is 0 Å². The lowest BCUT2D eigenvalue weighted by molar-refractivity contribution is -0.209. The molecule has 0 radical (unpaired) electrons. The van der Waals surface area contributed by atoms with Gasteiger partial charge in [-0.2, -0.15) is 0 Å². The van der Waals surface area contributed by atoms with Gasteiger partial charge in [0.2, 0.25) is 5.75 Å². The molecule has 96 valence electrons. The van der Waals surface area contributed by atoms with E-state index in [2.05, 4.69) is 11.5 Å². The van der Waals surface area contributed by atoms with Crippen LogP contribution in [0.15, 0.2) is 30.4 Å². The van der Waals surface area contributed by atoms with E-state index < -0.39 is 11.9 Å². The Balaban J connectivity index is 2.86. The minimum Gasteiger partial charge on any atom is -0.493 e. The van der Waals surface area contributed by atoms with E-state index in [0.29, 0.717) is 0 Å². The van der Waals surface area contributed by atoms with Gasteiger partial charge in [-0.1, -0.05) is 6.58 Å². The second-order valence-electron chi connectivity index (χ2n) is 3.41. The normalized spacial score (nSPS) is 9.44. The summed E-state index contributed by atoms with van der Waals surface area (Å²) in [6, 6.07) is 3.88. The summed E-state index contributed by atoms with van der Waals surface area (Å²) in [6.45, 7) is 4.85. The standard InChI is InChI=1S/C12H12O6/c1-7(2)12(15)18-17-9-5-4-8(11(13)14)6-10(9)16-3/h4-6H,1H2,2-3H3,(H,13,14). The van der Waals surface area contributed by atoms with Gasteiger partial charge in [0.25, 0.3) is 0 Å². The molecule has 0 atom stereocenters. The molecule has 0 spiro atoms. The summed E-state index contributed by atoms with van der Waals surface area (Å²) in [7, 11) is 1.34. The summed E-state index contributed by atoms with van der Waals surface area (Å²) in [6.07, 6.45) is 0. The summed E-state index contributed by atoms with van der Waals surface area (Å²) in [5.41, 5.74) is 0.210. The third kappa shape index (κ3) is 3.24. The number of carboxylic acid groups (broad SMARTS) is 1. The smallest absolute Gasteiger partial charge is 0.381 e. The lowest BCUT2D eigenvalue weighted by Gasteiger charge is -2.09. The topological polar surface area (TPSA) is 82.1 Å². The van der Waals surface area contributed by atoms with Gasteiger partial charge in [0.15, 0.2) is 5.75 Å². The fraction of sp³-hybridized carbons (Fsp3) is 0.167. The van der Waals surface area contributed by atoms with Crippen LogP contribution < -0.4 is 9.62 Å². The van der Waals surface area contributed by atoms with Crippen molar-refractivity contribution in [2.75, 3.05) is 7.11 Å². The van der Waals surface area contributed by atoms with Crippen molar-refractivity contribution in [1.82, 2.24) is 0 Å².